The molecule has 168 valence electrons. The van der Waals surface area contributed by atoms with Gasteiger partial charge in [-0.1, -0.05) is 50.9 Å². The number of nitrogens with zero attached hydrogens (tertiary/aromatic N) is 1. The molecule has 2 N–H and O–H groups in total. The Morgan fingerprint density at radius 1 is 1.33 bits per heavy atom. The highest BCUT2D eigenvalue weighted by atomic mass is 32.1. The summed E-state index contributed by atoms with van der Waals surface area (Å²) in [5, 5.41) is 9.30. The number of hydrogen-bond acceptors (Lipinski definition) is 4. The van der Waals surface area contributed by atoms with Gasteiger partial charge in [0, 0.05) is 24.8 Å². The second-order valence-corrected chi connectivity index (χ2v) is 12.5. The van der Waals surface area contributed by atoms with Gasteiger partial charge in [-0.2, -0.15) is 0 Å². The number of amides is 1. The van der Waals surface area contributed by atoms with Crippen molar-refractivity contribution in [3.63, 3.8) is 0 Å². The molecule has 1 heterocycles. The fourth-order valence-electron chi connectivity index (χ4n) is 2.89. The summed E-state index contributed by atoms with van der Waals surface area (Å²) in [6, 6.07) is 1.53. The highest BCUT2D eigenvalue weighted by molar-refractivity contribution is 7.57. The number of carbonyl (C=O) groups is 2. The van der Waals surface area contributed by atoms with Crippen LogP contribution in [0.25, 0.3) is 0 Å². The van der Waals surface area contributed by atoms with Crippen LogP contribution in [0.5, 0.6) is 0 Å². The van der Waals surface area contributed by atoms with Gasteiger partial charge < -0.3 is 14.9 Å². The maximum atomic E-state index is 11.4. The van der Waals surface area contributed by atoms with Crippen molar-refractivity contribution in [2.75, 3.05) is 24.3 Å². The average molecular weight is 456 g/mol. The molecular formula is C22H34NO5PS. The molecule has 1 unspecified atom stereocenters. The molecule has 30 heavy (non-hydrogen) atoms. The Morgan fingerprint density at radius 2 is 1.93 bits per heavy atom. The highest BCUT2D eigenvalue weighted by Gasteiger charge is 2.22. The first-order valence-electron chi connectivity index (χ1n) is 10.2. The molecule has 1 amide bonds. The zero-order valence-corrected chi connectivity index (χ0v) is 20.3. The normalized spacial score (nSPS) is 16.3. The van der Waals surface area contributed by atoms with Gasteiger partial charge in [-0.15, -0.1) is 11.3 Å². The number of aromatic carboxylic acids is 1. The lowest BCUT2D eigenvalue weighted by molar-refractivity contribution is -0.107. The number of rotatable bonds is 6. The van der Waals surface area contributed by atoms with Crippen LogP contribution in [0.2, 0.25) is 0 Å². The van der Waals surface area contributed by atoms with E-state index in [9.17, 15) is 24.2 Å². The van der Waals surface area contributed by atoms with Crippen LogP contribution in [0, 0.1) is 23.2 Å². The van der Waals surface area contributed by atoms with Gasteiger partial charge in [0.15, 0.2) is 7.37 Å². The molecule has 2 rings (SSSR count). The largest absolute Gasteiger partial charge is 0.477 e. The standard InChI is InChI=1S/C15H20NO5PS.C7H14/c1-15(2,3)6-5-11-9-12(13(23-11)14(18)19)16(10-17)7-8-22(4,20)21;1-7-5-3-2-4-6-7/h9-10H,7-8H2,1-4H3,(H,18,19)(H,20,21);7H,2-6H2,1H3. The molecule has 1 saturated carbocycles. The average Bonchev–Trinajstić information content (AvgIpc) is 3.05. The monoisotopic (exact) mass is 455 g/mol. The maximum absolute atomic E-state index is 11.4. The lowest BCUT2D eigenvalue weighted by Crippen LogP contribution is -2.25. The van der Waals surface area contributed by atoms with Crippen LogP contribution in [0.3, 0.4) is 0 Å². The van der Waals surface area contributed by atoms with Gasteiger partial charge in [0.05, 0.1) is 10.6 Å². The second kappa shape index (κ2) is 11.7. The molecule has 1 fully saturated rings. The molecule has 1 aromatic rings. The van der Waals surface area contributed by atoms with Gasteiger partial charge in [-0.25, -0.2) is 4.79 Å². The molecule has 1 aliphatic carbocycles. The Hall–Kier alpha value is -1.61. The molecule has 1 atom stereocenters. The van der Waals surface area contributed by atoms with Gasteiger partial charge in [-0.3, -0.25) is 9.36 Å². The lowest BCUT2D eigenvalue weighted by Gasteiger charge is -2.17. The van der Waals surface area contributed by atoms with Crippen molar-refractivity contribution in [3.05, 3.63) is 15.8 Å². The van der Waals surface area contributed by atoms with E-state index in [0.717, 1.165) is 22.2 Å². The molecule has 0 saturated heterocycles. The molecule has 0 radical (unpaired) electrons. The Bertz CT molecular complexity index is 819. The molecular weight excluding hydrogens is 421 g/mol. The zero-order valence-electron chi connectivity index (χ0n) is 18.6. The second-order valence-electron chi connectivity index (χ2n) is 8.95. The molecule has 0 aliphatic heterocycles. The van der Waals surface area contributed by atoms with Crippen molar-refractivity contribution in [1.29, 1.82) is 0 Å². The quantitative estimate of drug-likeness (QED) is 0.345. The summed E-state index contributed by atoms with van der Waals surface area (Å²) in [6.07, 6.45) is 7.79. The molecule has 0 aromatic carbocycles. The van der Waals surface area contributed by atoms with E-state index in [1.54, 1.807) is 0 Å². The van der Waals surface area contributed by atoms with Crippen molar-refractivity contribution in [1.82, 2.24) is 0 Å². The number of anilines is 1. The predicted molar refractivity (Wildman–Crippen MR) is 124 cm³/mol. The third-order valence-electron chi connectivity index (χ3n) is 4.55. The minimum Gasteiger partial charge on any atom is -0.477 e. The summed E-state index contributed by atoms with van der Waals surface area (Å²) in [7, 11) is -3.29. The highest BCUT2D eigenvalue weighted by Crippen LogP contribution is 2.36. The molecule has 8 heteroatoms. The zero-order chi connectivity index (χ0) is 22.9. The first-order chi connectivity index (χ1) is 13.8. The number of carbonyl (C=O) groups excluding carboxylic acids is 1. The summed E-state index contributed by atoms with van der Waals surface area (Å²) in [6.45, 7) is 9.33. The van der Waals surface area contributed by atoms with Crippen LogP contribution in [0.15, 0.2) is 6.07 Å². The maximum Gasteiger partial charge on any atom is 0.348 e. The predicted octanol–water partition coefficient (Wildman–Crippen LogP) is 5.29. The molecule has 0 spiro atoms. The van der Waals surface area contributed by atoms with E-state index >= 15 is 0 Å². The van der Waals surface area contributed by atoms with E-state index < -0.39 is 13.3 Å². The fourth-order valence-corrected chi connectivity index (χ4v) is 4.34. The van der Waals surface area contributed by atoms with E-state index in [2.05, 4.69) is 18.8 Å². The Morgan fingerprint density at radius 3 is 2.33 bits per heavy atom. The van der Waals surface area contributed by atoms with Crippen molar-refractivity contribution in [2.45, 2.75) is 59.8 Å². The topological polar surface area (TPSA) is 94.9 Å². The van der Waals surface area contributed by atoms with Crippen LogP contribution in [-0.2, 0) is 9.36 Å². The summed E-state index contributed by atoms with van der Waals surface area (Å²) < 4.78 is 11.4. The van der Waals surface area contributed by atoms with E-state index in [-0.39, 0.29) is 28.7 Å². The molecule has 1 aromatic heterocycles. The summed E-state index contributed by atoms with van der Waals surface area (Å²) in [4.78, 5) is 33.6. The molecule has 1 aliphatic rings. The Labute approximate surface area is 184 Å². The van der Waals surface area contributed by atoms with Crippen molar-refractivity contribution < 1.29 is 24.2 Å². The van der Waals surface area contributed by atoms with Crippen molar-refractivity contribution in [2.24, 2.45) is 11.3 Å². The van der Waals surface area contributed by atoms with Gasteiger partial charge >= 0.3 is 5.97 Å². The number of carboxylic acid groups (broad SMARTS) is 1. The number of hydrogen-bond donors (Lipinski definition) is 2. The third kappa shape index (κ3) is 10.4. The number of carboxylic acids is 1. The minimum absolute atomic E-state index is 0.0146. The van der Waals surface area contributed by atoms with Crippen LogP contribution in [0.4, 0.5) is 5.69 Å². The van der Waals surface area contributed by atoms with Crippen LogP contribution >= 0.6 is 18.7 Å². The minimum atomic E-state index is -3.29. The van der Waals surface area contributed by atoms with E-state index in [1.807, 2.05) is 20.8 Å². The van der Waals surface area contributed by atoms with Crippen LogP contribution in [-0.4, -0.2) is 41.8 Å². The van der Waals surface area contributed by atoms with E-state index in [0.29, 0.717) is 11.3 Å². The van der Waals surface area contributed by atoms with E-state index in [1.165, 1.54) is 44.8 Å². The first-order valence-corrected chi connectivity index (χ1v) is 13.3. The van der Waals surface area contributed by atoms with Crippen LogP contribution in [0.1, 0.15) is 74.3 Å². The summed E-state index contributed by atoms with van der Waals surface area (Å²) >= 11 is 0.980. The van der Waals surface area contributed by atoms with Gasteiger partial charge in [0.2, 0.25) is 6.41 Å². The molecule has 0 bridgehead atoms. The van der Waals surface area contributed by atoms with Gasteiger partial charge in [0.1, 0.15) is 4.88 Å². The lowest BCUT2D eigenvalue weighted by atomic mass is 9.91. The van der Waals surface area contributed by atoms with Gasteiger partial charge in [-0.05, 0) is 32.8 Å². The van der Waals surface area contributed by atoms with E-state index in [4.69, 9.17) is 0 Å². The Kier molecular flexibility index (Phi) is 10.3. The third-order valence-corrected chi connectivity index (χ3v) is 6.61. The SMILES string of the molecule is CC(C)(C)C#Cc1cc(N(C=O)CCP(C)(=O)O)c(C(=O)O)s1.CC1CCCCC1. The van der Waals surface area contributed by atoms with Crippen LogP contribution < -0.4 is 4.90 Å². The molecule has 6 nitrogen and oxygen atoms in total. The Balaban J connectivity index is 0.000000539. The van der Waals surface area contributed by atoms with Crippen molar-refractivity contribution in [3.8, 4) is 11.8 Å². The summed E-state index contributed by atoms with van der Waals surface area (Å²) in [5.41, 5.74) is -0.0342. The van der Waals surface area contributed by atoms with Crippen molar-refractivity contribution >= 4 is 36.8 Å². The first kappa shape index (κ1) is 26.4. The number of thiophene rings is 1. The smallest absolute Gasteiger partial charge is 0.348 e. The van der Waals surface area contributed by atoms with Gasteiger partial charge in [0.25, 0.3) is 0 Å². The fraction of sp³-hybridized carbons (Fsp3) is 0.636. The summed E-state index contributed by atoms with van der Waals surface area (Å²) in [5.74, 6) is 5.79.